The van der Waals surface area contributed by atoms with E-state index in [1.807, 2.05) is 18.2 Å². The van der Waals surface area contributed by atoms with Crippen LogP contribution in [0.1, 0.15) is 39.1 Å². The second kappa shape index (κ2) is 8.02. The Bertz CT molecular complexity index is 847. The third-order valence-corrected chi connectivity index (χ3v) is 5.32. The molecule has 1 N–H and O–H groups in total. The van der Waals surface area contributed by atoms with Gasteiger partial charge in [0.25, 0.3) is 11.8 Å². The Morgan fingerprint density at radius 1 is 1.07 bits per heavy atom. The van der Waals surface area contributed by atoms with E-state index in [-0.39, 0.29) is 17.9 Å². The molecule has 0 fully saturated rings. The number of nitrogens with one attached hydrogen (secondary N) is 1. The molecule has 0 saturated carbocycles. The van der Waals surface area contributed by atoms with Gasteiger partial charge in [0.1, 0.15) is 18.1 Å². The van der Waals surface area contributed by atoms with Gasteiger partial charge < -0.3 is 14.8 Å². The highest BCUT2D eigenvalue weighted by Gasteiger charge is 2.34. The van der Waals surface area contributed by atoms with Gasteiger partial charge in [0.15, 0.2) is 0 Å². The zero-order chi connectivity index (χ0) is 19.5. The van der Waals surface area contributed by atoms with Crippen LogP contribution in [-0.4, -0.2) is 49.6 Å². The maximum atomic E-state index is 12.4. The molecule has 0 aliphatic carbocycles. The van der Waals surface area contributed by atoms with Crippen molar-refractivity contribution in [3.05, 3.63) is 59.2 Å². The number of amides is 2. The monoisotopic (exact) mass is 380 g/mol. The van der Waals surface area contributed by atoms with Crippen molar-refractivity contribution in [3.63, 3.8) is 0 Å². The van der Waals surface area contributed by atoms with E-state index in [0.29, 0.717) is 24.3 Å². The van der Waals surface area contributed by atoms with Crippen molar-refractivity contribution in [1.82, 2.24) is 10.2 Å². The van der Waals surface area contributed by atoms with E-state index in [1.54, 1.807) is 31.4 Å². The molecule has 28 heavy (non-hydrogen) atoms. The summed E-state index contributed by atoms with van der Waals surface area (Å²) in [5.74, 6) is 1.38. The van der Waals surface area contributed by atoms with Crippen LogP contribution in [0.2, 0.25) is 0 Å². The van der Waals surface area contributed by atoms with Crippen LogP contribution in [0, 0.1) is 0 Å². The summed E-state index contributed by atoms with van der Waals surface area (Å²) in [6.45, 7) is 1.88. The van der Waals surface area contributed by atoms with Gasteiger partial charge in [-0.05, 0) is 50.1 Å². The van der Waals surface area contributed by atoms with Crippen LogP contribution < -0.4 is 14.8 Å². The number of rotatable bonds is 7. The zero-order valence-corrected chi connectivity index (χ0v) is 15.9. The lowest BCUT2D eigenvalue weighted by atomic mass is 10.0. The number of imide groups is 1. The number of methoxy groups -OCH3 is 1. The average Bonchev–Trinajstić information content (AvgIpc) is 2.98. The lowest BCUT2D eigenvalue weighted by Gasteiger charge is -2.27. The van der Waals surface area contributed by atoms with E-state index >= 15 is 0 Å². The summed E-state index contributed by atoms with van der Waals surface area (Å²) < 4.78 is 11.3. The van der Waals surface area contributed by atoms with Crippen molar-refractivity contribution in [2.24, 2.45) is 0 Å². The number of benzene rings is 2. The van der Waals surface area contributed by atoms with Crippen LogP contribution in [0.3, 0.4) is 0 Å². The number of hydrogen-bond donors (Lipinski definition) is 1. The number of unbranched alkanes of at least 4 members (excludes halogenated alkanes) is 1. The highest BCUT2D eigenvalue weighted by Crippen LogP contribution is 2.32. The van der Waals surface area contributed by atoms with Gasteiger partial charge in [0.2, 0.25) is 0 Å². The Labute approximate surface area is 164 Å². The fraction of sp³-hybridized carbons (Fsp3) is 0.364. The second-order valence-electron chi connectivity index (χ2n) is 7.12. The highest BCUT2D eigenvalue weighted by atomic mass is 16.5. The zero-order valence-electron chi connectivity index (χ0n) is 15.9. The number of hydrogen-bond acceptors (Lipinski definition) is 5. The Balaban J connectivity index is 1.23. The highest BCUT2D eigenvalue weighted by molar-refractivity contribution is 6.21. The lowest BCUT2D eigenvalue weighted by molar-refractivity contribution is 0.0651. The summed E-state index contributed by atoms with van der Waals surface area (Å²) in [7, 11) is 1.67. The standard InChI is InChI=1S/C22H24N2O4/c1-27-19-9-6-10-20-18(19)13-15(14-28-20)23-11-4-5-12-24-21(25)16-7-2-3-8-17(16)22(24)26/h2-3,6-10,15,23H,4-5,11-14H2,1H3. The predicted molar refractivity (Wildman–Crippen MR) is 105 cm³/mol. The van der Waals surface area contributed by atoms with Crippen molar-refractivity contribution >= 4 is 11.8 Å². The number of carbonyl (C=O) groups is 2. The second-order valence-corrected chi connectivity index (χ2v) is 7.12. The van der Waals surface area contributed by atoms with Gasteiger partial charge in [0.05, 0.1) is 18.2 Å². The molecule has 2 aromatic carbocycles. The molecule has 4 rings (SSSR count). The maximum absolute atomic E-state index is 12.4. The molecule has 2 aliphatic heterocycles. The number of fused-ring (bicyclic) bond motifs is 2. The Morgan fingerprint density at radius 3 is 2.54 bits per heavy atom. The summed E-state index contributed by atoms with van der Waals surface area (Å²) in [6, 6.07) is 13.1. The molecule has 146 valence electrons. The summed E-state index contributed by atoms with van der Waals surface area (Å²) in [4.78, 5) is 26.1. The third kappa shape index (κ3) is 3.47. The smallest absolute Gasteiger partial charge is 0.261 e. The van der Waals surface area contributed by atoms with Crippen LogP contribution in [0.4, 0.5) is 0 Å². The molecule has 1 atom stereocenters. The molecule has 0 radical (unpaired) electrons. The number of ether oxygens (including phenoxy) is 2. The van der Waals surface area contributed by atoms with E-state index in [9.17, 15) is 9.59 Å². The first-order chi connectivity index (χ1) is 13.7. The number of nitrogens with zero attached hydrogens (tertiary/aromatic N) is 1. The van der Waals surface area contributed by atoms with Gasteiger partial charge in [-0.25, -0.2) is 0 Å². The lowest BCUT2D eigenvalue weighted by Crippen LogP contribution is -2.40. The first-order valence-corrected chi connectivity index (χ1v) is 9.66. The molecule has 2 aliphatic rings. The summed E-state index contributed by atoms with van der Waals surface area (Å²) in [5.41, 5.74) is 2.12. The van der Waals surface area contributed by atoms with Crippen LogP contribution in [0.5, 0.6) is 11.5 Å². The predicted octanol–water partition coefficient (Wildman–Crippen LogP) is 2.66. The van der Waals surface area contributed by atoms with E-state index < -0.39 is 0 Å². The summed E-state index contributed by atoms with van der Waals surface area (Å²) >= 11 is 0. The van der Waals surface area contributed by atoms with Gasteiger partial charge in [-0.3, -0.25) is 14.5 Å². The fourth-order valence-electron chi connectivity index (χ4n) is 3.84. The average molecular weight is 380 g/mol. The van der Waals surface area contributed by atoms with Gasteiger partial charge in [-0.15, -0.1) is 0 Å². The molecule has 2 aromatic rings. The van der Waals surface area contributed by atoms with Crippen molar-refractivity contribution < 1.29 is 19.1 Å². The fourth-order valence-corrected chi connectivity index (χ4v) is 3.84. The molecule has 1 unspecified atom stereocenters. The minimum atomic E-state index is -0.182. The first kappa shape index (κ1) is 18.5. The van der Waals surface area contributed by atoms with Gasteiger partial charge in [0, 0.05) is 18.2 Å². The largest absolute Gasteiger partial charge is 0.496 e. The first-order valence-electron chi connectivity index (χ1n) is 9.66. The molecule has 2 heterocycles. The molecule has 6 heteroatoms. The van der Waals surface area contributed by atoms with Crippen molar-refractivity contribution in [3.8, 4) is 11.5 Å². The molecule has 0 spiro atoms. The third-order valence-electron chi connectivity index (χ3n) is 5.32. The topological polar surface area (TPSA) is 67.9 Å². The Kier molecular flexibility index (Phi) is 5.30. The van der Waals surface area contributed by atoms with E-state index in [4.69, 9.17) is 9.47 Å². The van der Waals surface area contributed by atoms with Crippen LogP contribution >= 0.6 is 0 Å². The minimum absolute atomic E-state index is 0.182. The quantitative estimate of drug-likeness (QED) is 0.591. The molecular weight excluding hydrogens is 356 g/mol. The SMILES string of the molecule is COc1cccc2c1CC(NCCCCN1C(=O)c3ccccc3C1=O)CO2. The van der Waals surface area contributed by atoms with Crippen LogP contribution in [0.25, 0.3) is 0 Å². The molecule has 0 aromatic heterocycles. The summed E-state index contributed by atoms with van der Waals surface area (Å²) in [5, 5.41) is 3.51. The van der Waals surface area contributed by atoms with E-state index in [0.717, 1.165) is 42.9 Å². The van der Waals surface area contributed by atoms with Gasteiger partial charge in [-0.1, -0.05) is 18.2 Å². The van der Waals surface area contributed by atoms with Crippen molar-refractivity contribution in [2.75, 3.05) is 26.8 Å². The molecule has 0 bridgehead atoms. The molecule has 6 nitrogen and oxygen atoms in total. The van der Waals surface area contributed by atoms with Crippen molar-refractivity contribution in [2.45, 2.75) is 25.3 Å². The number of carbonyl (C=O) groups excluding carboxylic acids is 2. The maximum Gasteiger partial charge on any atom is 0.261 e. The molecular formula is C22H24N2O4. The van der Waals surface area contributed by atoms with Crippen LogP contribution in [0.15, 0.2) is 42.5 Å². The van der Waals surface area contributed by atoms with Crippen molar-refractivity contribution in [1.29, 1.82) is 0 Å². The molecule has 2 amide bonds. The van der Waals surface area contributed by atoms with Gasteiger partial charge in [-0.2, -0.15) is 0 Å². The summed E-state index contributed by atoms with van der Waals surface area (Å²) in [6.07, 6.45) is 2.51. The van der Waals surface area contributed by atoms with E-state index in [2.05, 4.69) is 5.32 Å². The minimum Gasteiger partial charge on any atom is -0.496 e. The van der Waals surface area contributed by atoms with Gasteiger partial charge >= 0.3 is 0 Å². The molecule has 0 saturated heterocycles. The van der Waals surface area contributed by atoms with Crippen LogP contribution in [-0.2, 0) is 6.42 Å². The Hall–Kier alpha value is -2.86. The Morgan fingerprint density at radius 2 is 1.82 bits per heavy atom. The normalized spacial score (nSPS) is 17.9. The van der Waals surface area contributed by atoms with E-state index in [1.165, 1.54) is 4.90 Å².